The maximum absolute atomic E-state index is 11.5. The van der Waals surface area contributed by atoms with E-state index in [0.29, 0.717) is 16.3 Å². The predicted octanol–water partition coefficient (Wildman–Crippen LogP) is 0.873. The lowest BCUT2D eigenvalue weighted by atomic mass is 10.1. The number of methoxy groups -OCH3 is 1. The van der Waals surface area contributed by atoms with E-state index in [4.69, 9.17) is 4.74 Å². The molecular formula is C9H10N2O3. The smallest absolute Gasteiger partial charge is 0.283 e. The number of nitrogens with one attached hydrogen (secondary N) is 1. The second-order valence-electron chi connectivity index (χ2n) is 2.93. The summed E-state index contributed by atoms with van der Waals surface area (Å²) in [6.07, 6.45) is -0.822. The average molecular weight is 194 g/mol. The van der Waals surface area contributed by atoms with Gasteiger partial charge in [0.05, 0.1) is 11.3 Å². The van der Waals surface area contributed by atoms with Crippen molar-refractivity contribution in [1.29, 1.82) is 0 Å². The van der Waals surface area contributed by atoms with Crippen molar-refractivity contribution in [2.75, 3.05) is 12.4 Å². The lowest BCUT2D eigenvalue weighted by molar-refractivity contribution is -0.160. The van der Waals surface area contributed by atoms with Gasteiger partial charge in [0.1, 0.15) is 0 Å². The lowest BCUT2D eigenvalue weighted by Gasteiger charge is -2.31. The Morgan fingerprint density at radius 3 is 2.93 bits per heavy atom. The van der Waals surface area contributed by atoms with Crippen molar-refractivity contribution in [3.05, 3.63) is 29.8 Å². The Labute approximate surface area is 80.9 Å². The van der Waals surface area contributed by atoms with Crippen LogP contribution in [0.1, 0.15) is 10.4 Å². The summed E-state index contributed by atoms with van der Waals surface area (Å²) in [4.78, 5) is 11.5. The van der Waals surface area contributed by atoms with Crippen LogP contribution < -0.4 is 5.32 Å². The molecule has 5 nitrogen and oxygen atoms in total. The number of hydrogen-bond acceptors (Lipinski definition) is 4. The first-order valence-electron chi connectivity index (χ1n) is 4.15. The third-order valence-electron chi connectivity index (χ3n) is 2.09. The SMILES string of the molecule is COC1Nc2ccccc2C(=O)N1O. The van der Waals surface area contributed by atoms with Gasteiger partial charge >= 0.3 is 0 Å². The number of benzene rings is 1. The molecule has 0 aromatic heterocycles. The van der Waals surface area contributed by atoms with Gasteiger partial charge in [-0.05, 0) is 12.1 Å². The normalized spacial score (nSPS) is 20.3. The van der Waals surface area contributed by atoms with Crippen molar-refractivity contribution >= 4 is 11.6 Å². The minimum atomic E-state index is -0.822. The molecule has 1 unspecified atom stereocenters. The standard InChI is InChI=1S/C9H10N2O3/c1-14-9-10-7-5-3-2-4-6(7)8(12)11(9)13/h2-5,9-10,13H,1H3. The number of hydroxylamine groups is 2. The third-order valence-corrected chi connectivity index (χ3v) is 2.09. The molecule has 5 heteroatoms. The van der Waals surface area contributed by atoms with E-state index in [1.54, 1.807) is 24.3 Å². The fourth-order valence-corrected chi connectivity index (χ4v) is 1.38. The van der Waals surface area contributed by atoms with Gasteiger partial charge in [-0.2, -0.15) is 5.06 Å². The molecule has 1 atom stereocenters. The minimum Gasteiger partial charge on any atom is -0.342 e. The maximum atomic E-state index is 11.5. The zero-order valence-electron chi connectivity index (χ0n) is 7.60. The van der Waals surface area contributed by atoms with Crippen LogP contribution in [0.2, 0.25) is 0 Å². The van der Waals surface area contributed by atoms with Gasteiger partial charge in [0.15, 0.2) is 0 Å². The molecule has 1 aliphatic rings. The fraction of sp³-hybridized carbons (Fsp3) is 0.222. The van der Waals surface area contributed by atoms with E-state index in [-0.39, 0.29) is 0 Å². The highest BCUT2D eigenvalue weighted by Crippen LogP contribution is 2.23. The van der Waals surface area contributed by atoms with Crippen molar-refractivity contribution in [1.82, 2.24) is 5.06 Å². The third kappa shape index (κ3) is 1.23. The summed E-state index contributed by atoms with van der Waals surface area (Å²) < 4.78 is 4.87. The van der Waals surface area contributed by atoms with E-state index in [0.717, 1.165) is 0 Å². The molecule has 0 aliphatic carbocycles. The highest BCUT2D eigenvalue weighted by Gasteiger charge is 2.30. The lowest BCUT2D eigenvalue weighted by Crippen LogP contribution is -2.47. The molecule has 14 heavy (non-hydrogen) atoms. The number of nitrogens with zero attached hydrogens (tertiary/aromatic N) is 1. The van der Waals surface area contributed by atoms with E-state index in [2.05, 4.69) is 5.32 Å². The van der Waals surface area contributed by atoms with Crippen molar-refractivity contribution < 1.29 is 14.7 Å². The molecule has 1 amide bonds. The monoisotopic (exact) mass is 194 g/mol. The second kappa shape index (κ2) is 3.28. The highest BCUT2D eigenvalue weighted by atomic mass is 16.6. The number of rotatable bonds is 1. The first kappa shape index (κ1) is 8.98. The summed E-state index contributed by atoms with van der Waals surface area (Å²) in [5.41, 5.74) is 1.10. The minimum absolute atomic E-state index is 0.434. The largest absolute Gasteiger partial charge is 0.342 e. The van der Waals surface area contributed by atoms with Gasteiger partial charge in [-0.15, -0.1) is 0 Å². The van der Waals surface area contributed by atoms with Crippen LogP contribution in [0.15, 0.2) is 24.3 Å². The predicted molar refractivity (Wildman–Crippen MR) is 48.8 cm³/mol. The van der Waals surface area contributed by atoms with Gasteiger partial charge in [-0.3, -0.25) is 10.0 Å². The van der Waals surface area contributed by atoms with Crippen LogP contribution in [-0.4, -0.2) is 29.6 Å². The topological polar surface area (TPSA) is 61.8 Å². The Morgan fingerprint density at radius 1 is 1.50 bits per heavy atom. The Balaban J connectivity index is 2.42. The van der Waals surface area contributed by atoms with Gasteiger partial charge in [-0.1, -0.05) is 12.1 Å². The summed E-state index contributed by atoms with van der Waals surface area (Å²) in [6.45, 7) is 0. The average Bonchev–Trinajstić information content (AvgIpc) is 2.23. The number of fused-ring (bicyclic) bond motifs is 1. The molecule has 2 N–H and O–H groups in total. The Morgan fingerprint density at radius 2 is 2.21 bits per heavy atom. The van der Waals surface area contributed by atoms with Crippen molar-refractivity contribution in [3.8, 4) is 0 Å². The van der Waals surface area contributed by atoms with Crippen LogP contribution in [0.5, 0.6) is 0 Å². The quantitative estimate of drug-likeness (QED) is 0.651. The number of carbonyl (C=O) groups is 1. The van der Waals surface area contributed by atoms with Crippen LogP contribution in [-0.2, 0) is 4.74 Å². The van der Waals surface area contributed by atoms with Crippen LogP contribution in [0, 0.1) is 0 Å². The summed E-state index contributed by atoms with van der Waals surface area (Å²) in [5, 5.41) is 12.8. The van der Waals surface area contributed by atoms with Crippen LogP contribution in [0.3, 0.4) is 0 Å². The molecule has 0 spiro atoms. The van der Waals surface area contributed by atoms with E-state index in [1.807, 2.05) is 0 Å². The van der Waals surface area contributed by atoms with E-state index >= 15 is 0 Å². The zero-order chi connectivity index (χ0) is 10.1. The van der Waals surface area contributed by atoms with Gasteiger partial charge in [0.25, 0.3) is 5.91 Å². The van der Waals surface area contributed by atoms with E-state index < -0.39 is 12.3 Å². The number of carbonyl (C=O) groups excluding carboxylic acids is 1. The molecule has 1 aromatic rings. The van der Waals surface area contributed by atoms with E-state index in [9.17, 15) is 10.0 Å². The van der Waals surface area contributed by atoms with Gasteiger partial charge in [-0.25, -0.2) is 0 Å². The number of hydrogen-bond donors (Lipinski definition) is 2. The molecule has 1 aromatic carbocycles. The van der Waals surface area contributed by atoms with Crippen LogP contribution in [0.4, 0.5) is 5.69 Å². The van der Waals surface area contributed by atoms with Crippen LogP contribution >= 0.6 is 0 Å². The summed E-state index contributed by atoms with van der Waals surface area (Å²) >= 11 is 0. The first-order chi connectivity index (χ1) is 6.74. The highest BCUT2D eigenvalue weighted by molar-refractivity contribution is 6.00. The molecule has 74 valence electrons. The summed E-state index contributed by atoms with van der Waals surface area (Å²) in [7, 11) is 1.40. The second-order valence-corrected chi connectivity index (χ2v) is 2.93. The molecule has 2 rings (SSSR count). The number of para-hydroxylation sites is 1. The van der Waals surface area contributed by atoms with Crippen molar-refractivity contribution in [3.63, 3.8) is 0 Å². The van der Waals surface area contributed by atoms with Gasteiger partial charge < -0.3 is 10.1 Å². The van der Waals surface area contributed by atoms with Crippen LogP contribution in [0.25, 0.3) is 0 Å². The summed E-state index contributed by atoms with van der Waals surface area (Å²) in [6, 6.07) is 6.93. The van der Waals surface area contributed by atoms with Crippen molar-refractivity contribution in [2.24, 2.45) is 0 Å². The molecule has 0 fully saturated rings. The zero-order valence-corrected chi connectivity index (χ0v) is 7.60. The maximum Gasteiger partial charge on any atom is 0.283 e. The number of anilines is 1. The first-order valence-corrected chi connectivity index (χ1v) is 4.15. The molecule has 0 saturated carbocycles. The molecule has 0 saturated heterocycles. The van der Waals surface area contributed by atoms with E-state index in [1.165, 1.54) is 7.11 Å². The van der Waals surface area contributed by atoms with Gasteiger partial charge in [0.2, 0.25) is 6.35 Å². The van der Waals surface area contributed by atoms with Crippen molar-refractivity contribution in [2.45, 2.75) is 6.35 Å². The number of amides is 1. The number of ether oxygens (including phenoxy) is 1. The molecular weight excluding hydrogens is 184 g/mol. The Kier molecular flexibility index (Phi) is 2.11. The van der Waals surface area contributed by atoms with Gasteiger partial charge in [0, 0.05) is 7.11 Å². The fourth-order valence-electron chi connectivity index (χ4n) is 1.38. The summed E-state index contributed by atoms with van der Waals surface area (Å²) in [5.74, 6) is -0.466. The molecule has 0 bridgehead atoms. The Bertz CT molecular complexity index is 367. The molecule has 0 radical (unpaired) electrons. The Hall–Kier alpha value is -1.59. The molecule has 1 heterocycles. The molecule has 1 aliphatic heterocycles.